The van der Waals surface area contributed by atoms with Crippen LogP contribution in [0.15, 0.2) is 52.5 Å². The Morgan fingerprint density at radius 2 is 1.74 bits per heavy atom. The summed E-state index contributed by atoms with van der Waals surface area (Å²) in [5.41, 5.74) is -1.80. The number of benzene rings is 1. The predicted octanol–water partition coefficient (Wildman–Crippen LogP) is 1.91. The van der Waals surface area contributed by atoms with Crippen molar-refractivity contribution in [3.05, 3.63) is 64.6 Å². The first kappa shape index (κ1) is 31.6. The van der Waals surface area contributed by atoms with E-state index in [9.17, 15) is 35.2 Å². The lowest BCUT2D eigenvalue weighted by molar-refractivity contribution is -0.116. The number of fused-ring (bicyclic) bond motifs is 1. The normalized spacial score (nSPS) is 16.6. The molecule has 4 heterocycles. The van der Waals surface area contributed by atoms with Crippen LogP contribution in [0, 0.1) is 0 Å². The zero-order valence-corrected chi connectivity index (χ0v) is 26.0. The van der Waals surface area contributed by atoms with Gasteiger partial charge in [0.25, 0.3) is 22.0 Å². The van der Waals surface area contributed by atoms with Gasteiger partial charge in [0.15, 0.2) is 5.82 Å². The molecule has 1 aliphatic heterocycles. The number of anilines is 2. The standard InChI is InChI=1S/C27H29F2N9O6S2/c1-45(41,42)36-10-8-19(9-11-36)33-27-30-13-17-12-21(23(28)29)26(40)37(25(17)34-27)14-22(39)32-18-4-6-20(7-5-18)46(43,44)38-15-31-24(35-38)16-2-3-16/h4-7,12-13,15-16,19,23H,2-3,8-11,14H2,1H3,(H,32,39)(H,30,33,34). The summed E-state index contributed by atoms with van der Waals surface area (Å²) in [5, 5.41) is 9.81. The van der Waals surface area contributed by atoms with Crippen molar-refractivity contribution in [3.8, 4) is 0 Å². The van der Waals surface area contributed by atoms with Gasteiger partial charge in [-0.05, 0) is 56.0 Å². The Bertz CT molecular complexity index is 2070. The van der Waals surface area contributed by atoms with E-state index in [1.54, 1.807) is 0 Å². The van der Waals surface area contributed by atoms with Gasteiger partial charge in [0.05, 0.1) is 16.7 Å². The van der Waals surface area contributed by atoms with Gasteiger partial charge >= 0.3 is 0 Å². The number of nitrogens with one attached hydrogen (secondary N) is 2. The molecule has 0 unspecified atom stereocenters. The average molecular weight is 678 g/mol. The number of amides is 1. The maximum atomic E-state index is 13.8. The van der Waals surface area contributed by atoms with Gasteiger partial charge in [0.1, 0.15) is 18.5 Å². The maximum absolute atomic E-state index is 13.8. The Labute approximate surface area is 261 Å². The molecule has 2 fully saturated rings. The van der Waals surface area contributed by atoms with Crippen LogP contribution in [-0.2, 0) is 31.4 Å². The number of sulfonamides is 1. The van der Waals surface area contributed by atoms with E-state index in [2.05, 4.69) is 30.7 Å². The van der Waals surface area contributed by atoms with Crippen molar-refractivity contribution in [3.63, 3.8) is 0 Å². The minimum atomic E-state index is -4.02. The van der Waals surface area contributed by atoms with Crippen molar-refractivity contribution in [2.24, 2.45) is 0 Å². The van der Waals surface area contributed by atoms with E-state index in [-0.39, 0.29) is 39.5 Å². The smallest absolute Gasteiger partial charge is 0.284 e. The second-order valence-electron chi connectivity index (χ2n) is 11.2. The van der Waals surface area contributed by atoms with Crippen LogP contribution >= 0.6 is 0 Å². The summed E-state index contributed by atoms with van der Waals surface area (Å²) in [5.74, 6) is -0.0372. The highest BCUT2D eigenvalue weighted by molar-refractivity contribution is 7.89. The summed E-state index contributed by atoms with van der Waals surface area (Å²) in [7, 11) is -7.34. The second-order valence-corrected chi connectivity index (χ2v) is 15.0. The van der Waals surface area contributed by atoms with Crippen LogP contribution in [0.2, 0.25) is 0 Å². The molecule has 46 heavy (non-hydrogen) atoms. The summed E-state index contributed by atoms with van der Waals surface area (Å²) in [6.45, 7) is -0.0924. The number of nitrogens with zero attached hydrogens (tertiary/aromatic N) is 7. The van der Waals surface area contributed by atoms with Crippen LogP contribution < -0.4 is 16.2 Å². The van der Waals surface area contributed by atoms with Gasteiger partial charge in [0.2, 0.25) is 21.9 Å². The largest absolute Gasteiger partial charge is 0.351 e. The van der Waals surface area contributed by atoms with Crippen LogP contribution in [0.25, 0.3) is 11.0 Å². The molecule has 1 saturated heterocycles. The van der Waals surface area contributed by atoms with E-state index >= 15 is 0 Å². The number of alkyl halides is 2. The molecule has 4 aromatic rings. The highest BCUT2D eigenvalue weighted by Gasteiger charge is 2.30. The van der Waals surface area contributed by atoms with Crippen molar-refractivity contribution in [2.75, 3.05) is 30.0 Å². The molecule has 244 valence electrons. The molecule has 1 aliphatic carbocycles. The molecule has 0 radical (unpaired) electrons. The third kappa shape index (κ3) is 6.61. The molecule has 1 aromatic carbocycles. The number of hydrogen-bond donors (Lipinski definition) is 2. The third-order valence-corrected chi connectivity index (χ3v) is 10.6. The van der Waals surface area contributed by atoms with Crippen molar-refractivity contribution >= 4 is 48.6 Å². The van der Waals surface area contributed by atoms with Crippen molar-refractivity contribution in [1.29, 1.82) is 0 Å². The number of halogens is 2. The van der Waals surface area contributed by atoms with E-state index in [0.29, 0.717) is 31.8 Å². The Morgan fingerprint density at radius 1 is 1.04 bits per heavy atom. The summed E-state index contributed by atoms with van der Waals surface area (Å²) < 4.78 is 80.0. The third-order valence-electron chi connectivity index (χ3n) is 7.76. The number of aromatic nitrogens is 6. The molecule has 19 heteroatoms. The van der Waals surface area contributed by atoms with Gasteiger partial charge in [-0.3, -0.25) is 14.2 Å². The number of carbonyl (C=O) groups is 1. The molecule has 3 aromatic heterocycles. The first-order valence-electron chi connectivity index (χ1n) is 14.3. The van der Waals surface area contributed by atoms with E-state index in [1.807, 2.05) is 0 Å². The van der Waals surface area contributed by atoms with Crippen LogP contribution in [0.3, 0.4) is 0 Å². The lowest BCUT2D eigenvalue weighted by Gasteiger charge is -2.30. The Balaban J connectivity index is 1.20. The van der Waals surface area contributed by atoms with Crippen LogP contribution in [-0.4, -0.2) is 81.1 Å². The fourth-order valence-corrected chi connectivity index (χ4v) is 7.07. The quantitative estimate of drug-likeness (QED) is 0.249. The molecule has 15 nitrogen and oxygen atoms in total. The van der Waals surface area contributed by atoms with Crippen LogP contribution in [0.5, 0.6) is 0 Å². The zero-order valence-electron chi connectivity index (χ0n) is 24.4. The molecule has 1 saturated carbocycles. The first-order chi connectivity index (χ1) is 21.8. The fourth-order valence-electron chi connectivity index (χ4n) is 5.14. The summed E-state index contributed by atoms with van der Waals surface area (Å²) in [6.07, 6.45) is 3.17. The fraction of sp³-hybridized carbons (Fsp3) is 0.407. The molecule has 6 rings (SSSR count). The molecule has 0 bridgehead atoms. The number of carbonyl (C=O) groups excluding carboxylic acids is 1. The van der Waals surface area contributed by atoms with Crippen molar-refractivity contribution < 1.29 is 30.4 Å². The van der Waals surface area contributed by atoms with Crippen molar-refractivity contribution in [2.45, 2.75) is 55.5 Å². The number of pyridine rings is 1. The summed E-state index contributed by atoms with van der Waals surface area (Å²) >= 11 is 0. The monoisotopic (exact) mass is 677 g/mol. The predicted molar refractivity (Wildman–Crippen MR) is 161 cm³/mol. The van der Waals surface area contributed by atoms with Gasteiger partial charge in [-0.2, -0.15) is 13.4 Å². The topological polar surface area (TPSA) is 191 Å². The van der Waals surface area contributed by atoms with Crippen molar-refractivity contribution in [1.82, 2.24) is 33.0 Å². The first-order valence-corrected chi connectivity index (χ1v) is 17.6. The minimum Gasteiger partial charge on any atom is -0.351 e. The Hall–Kier alpha value is -4.36. The molecule has 0 spiro atoms. The Kier molecular flexibility index (Phi) is 8.32. The molecule has 0 atom stereocenters. The zero-order chi connectivity index (χ0) is 32.8. The number of piperidine rings is 1. The molecule has 1 amide bonds. The lowest BCUT2D eigenvalue weighted by Crippen LogP contribution is -2.42. The van der Waals surface area contributed by atoms with E-state index in [0.717, 1.165) is 40.1 Å². The van der Waals surface area contributed by atoms with Gasteiger partial charge in [-0.1, -0.05) is 0 Å². The summed E-state index contributed by atoms with van der Waals surface area (Å²) in [4.78, 5) is 38.6. The van der Waals surface area contributed by atoms with Crippen LogP contribution in [0.1, 0.15) is 49.4 Å². The van der Waals surface area contributed by atoms with E-state index in [1.165, 1.54) is 34.8 Å². The SMILES string of the molecule is CS(=O)(=O)N1CCC(Nc2ncc3cc(C(F)F)c(=O)n(CC(=O)Nc4ccc(S(=O)(=O)n5cnc(C6CC6)n5)cc4)c3n2)CC1. The Morgan fingerprint density at radius 3 is 2.37 bits per heavy atom. The second kappa shape index (κ2) is 12.1. The van der Waals surface area contributed by atoms with Gasteiger partial charge < -0.3 is 10.6 Å². The lowest BCUT2D eigenvalue weighted by atomic mass is 10.1. The molecular formula is C27H29F2N9O6S2. The molecular weight excluding hydrogens is 648 g/mol. The number of rotatable bonds is 10. The van der Waals surface area contributed by atoms with Gasteiger partial charge in [-0.25, -0.2) is 31.5 Å². The average Bonchev–Trinajstić information content (AvgIpc) is 3.73. The molecule has 2 N–H and O–H groups in total. The summed E-state index contributed by atoms with van der Waals surface area (Å²) in [6, 6.07) is 6.03. The van der Waals surface area contributed by atoms with E-state index in [4.69, 9.17) is 0 Å². The van der Waals surface area contributed by atoms with Gasteiger partial charge in [0, 0.05) is 42.3 Å². The minimum absolute atomic E-state index is 0.0598. The van der Waals surface area contributed by atoms with Gasteiger partial charge in [-0.15, -0.1) is 9.19 Å². The van der Waals surface area contributed by atoms with E-state index < -0.39 is 50.0 Å². The highest BCUT2D eigenvalue weighted by Crippen LogP contribution is 2.38. The number of hydrogen-bond acceptors (Lipinski definition) is 11. The van der Waals surface area contributed by atoms with Crippen LogP contribution in [0.4, 0.5) is 20.4 Å². The highest BCUT2D eigenvalue weighted by atomic mass is 32.2. The molecule has 2 aliphatic rings. The maximum Gasteiger partial charge on any atom is 0.284 e.